The van der Waals surface area contributed by atoms with Gasteiger partial charge in [0.25, 0.3) is 0 Å². The summed E-state index contributed by atoms with van der Waals surface area (Å²) in [4.78, 5) is 24.0. The van der Waals surface area contributed by atoms with Crippen molar-refractivity contribution in [2.75, 3.05) is 6.61 Å². The van der Waals surface area contributed by atoms with E-state index in [1.807, 2.05) is 48.5 Å². The van der Waals surface area contributed by atoms with Gasteiger partial charge in [-0.2, -0.15) is 0 Å². The van der Waals surface area contributed by atoms with E-state index in [0.717, 1.165) is 22.3 Å². The molecule has 0 fully saturated rings. The van der Waals surface area contributed by atoms with Crippen molar-refractivity contribution in [3.8, 4) is 11.1 Å². The summed E-state index contributed by atoms with van der Waals surface area (Å²) in [5.74, 6) is -1.75. The van der Waals surface area contributed by atoms with Crippen LogP contribution < -0.4 is 5.32 Å². The lowest BCUT2D eigenvalue weighted by Gasteiger charge is -2.17. The summed E-state index contributed by atoms with van der Waals surface area (Å²) in [6, 6.07) is 19.2. The first kappa shape index (κ1) is 20.6. The third-order valence-electron chi connectivity index (χ3n) is 5.61. The molecule has 0 aliphatic heterocycles. The second-order valence-corrected chi connectivity index (χ2v) is 7.65. The van der Waals surface area contributed by atoms with Gasteiger partial charge in [-0.3, -0.25) is 0 Å². The number of aryl methyl sites for hydroxylation is 1. The van der Waals surface area contributed by atoms with Gasteiger partial charge in [-0.1, -0.05) is 60.7 Å². The fourth-order valence-corrected chi connectivity index (χ4v) is 3.98. The molecule has 0 heterocycles. The minimum atomic E-state index is -1.22. The Balaban J connectivity index is 1.43. The van der Waals surface area contributed by atoms with E-state index in [0.29, 0.717) is 11.1 Å². The lowest BCUT2D eigenvalue weighted by atomic mass is 9.98. The van der Waals surface area contributed by atoms with E-state index >= 15 is 0 Å². The third kappa shape index (κ3) is 4.28. The van der Waals surface area contributed by atoms with Gasteiger partial charge in [0, 0.05) is 12.3 Å². The quantitative estimate of drug-likeness (QED) is 0.609. The van der Waals surface area contributed by atoms with Crippen molar-refractivity contribution in [3.63, 3.8) is 0 Å². The fraction of sp³-hybridized carbons (Fsp3) is 0.200. The third-order valence-corrected chi connectivity index (χ3v) is 5.61. The van der Waals surface area contributed by atoms with Crippen LogP contribution in [0.25, 0.3) is 11.1 Å². The highest BCUT2D eigenvalue weighted by Gasteiger charge is 2.29. The maximum atomic E-state index is 13.8. The highest BCUT2D eigenvalue weighted by Crippen LogP contribution is 2.44. The molecule has 1 amide bonds. The topological polar surface area (TPSA) is 75.6 Å². The van der Waals surface area contributed by atoms with Gasteiger partial charge < -0.3 is 15.2 Å². The molecule has 0 aromatic heterocycles. The van der Waals surface area contributed by atoms with Crippen LogP contribution in [0.15, 0.2) is 66.7 Å². The van der Waals surface area contributed by atoms with Crippen LogP contribution in [0.2, 0.25) is 0 Å². The maximum Gasteiger partial charge on any atom is 0.407 e. The number of amides is 1. The zero-order valence-corrected chi connectivity index (χ0v) is 17.0. The van der Waals surface area contributed by atoms with E-state index in [9.17, 15) is 19.1 Å². The number of carbonyl (C=O) groups is 2. The van der Waals surface area contributed by atoms with Crippen LogP contribution in [0.3, 0.4) is 0 Å². The summed E-state index contributed by atoms with van der Waals surface area (Å²) in [7, 11) is 0. The molecule has 1 aliphatic rings. The van der Waals surface area contributed by atoms with Gasteiger partial charge in [0.2, 0.25) is 0 Å². The predicted octanol–water partition coefficient (Wildman–Crippen LogP) is 4.67. The summed E-state index contributed by atoms with van der Waals surface area (Å²) in [5.41, 5.74) is 5.31. The molecule has 158 valence electrons. The standard InChI is InChI=1S/C25H22FNO4/c1-15-10-11-16(12-22(15)26)13-23(24(28)29)27-25(30)31-14-21-19-8-4-2-6-17(19)18-7-3-5-9-20(18)21/h2-12,21,23H,13-14H2,1H3,(H,27,30)(H,28,29)/t23-/m0/s1. The first-order valence-corrected chi connectivity index (χ1v) is 10.0. The molecule has 0 saturated carbocycles. The van der Waals surface area contributed by atoms with Crippen molar-refractivity contribution in [1.82, 2.24) is 5.32 Å². The van der Waals surface area contributed by atoms with Crippen LogP contribution in [0.4, 0.5) is 9.18 Å². The van der Waals surface area contributed by atoms with Crippen LogP contribution in [0, 0.1) is 12.7 Å². The molecule has 1 atom stereocenters. The van der Waals surface area contributed by atoms with Crippen molar-refractivity contribution in [3.05, 3.63) is 94.8 Å². The second kappa shape index (κ2) is 8.60. The van der Waals surface area contributed by atoms with E-state index in [-0.39, 0.29) is 18.9 Å². The zero-order valence-electron chi connectivity index (χ0n) is 17.0. The van der Waals surface area contributed by atoms with Gasteiger partial charge in [-0.15, -0.1) is 0 Å². The van der Waals surface area contributed by atoms with E-state index in [1.165, 1.54) is 6.07 Å². The number of benzene rings is 3. The van der Waals surface area contributed by atoms with E-state index in [2.05, 4.69) is 5.32 Å². The summed E-state index contributed by atoms with van der Waals surface area (Å²) in [6.45, 7) is 1.72. The van der Waals surface area contributed by atoms with Crippen molar-refractivity contribution in [2.24, 2.45) is 0 Å². The van der Waals surface area contributed by atoms with Gasteiger partial charge in [-0.05, 0) is 46.4 Å². The Kier molecular flexibility index (Phi) is 5.71. The van der Waals surface area contributed by atoms with Crippen LogP contribution in [-0.2, 0) is 16.0 Å². The smallest absolute Gasteiger partial charge is 0.407 e. The molecular weight excluding hydrogens is 397 g/mol. The van der Waals surface area contributed by atoms with E-state index in [4.69, 9.17) is 4.74 Å². The number of carboxylic acid groups (broad SMARTS) is 1. The Labute approximate surface area is 179 Å². The number of hydrogen-bond donors (Lipinski definition) is 2. The highest BCUT2D eigenvalue weighted by atomic mass is 19.1. The summed E-state index contributed by atoms with van der Waals surface area (Å²) < 4.78 is 19.2. The van der Waals surface area contributed by atoms with Gasteiger partial charge in [0.1, 0.15) is 18.5 Å². The average Bonchev–Trinajstić information content (AvgIpc) is 3.08. The molecule has 3 aromatic rings. The molecule has 4 rings (SSSR count). The van der Waals surface area contributed by atoms with Gasteiger partial charge in [-0.25, -0.2) is 14.0 Å². The monoisotopic (exact) mass is 419 g/mol. The highest BCUT2D eigenvalue weighted by molar-refractivity contribution is 5.81. The van der Waals surface area contributed by atoms with Crippen molar-refractivity contribution in [2.45, 2.75) is 25.3 Å². The number of rotatable bonds is 6. The fourth-order valence-electron chi connectivity index (χ4n) is 3.98. The molecule has 5 nitrogen and oxygen atoms in total. The minimum absolute atomic E-state index is 0.0449. The molecule has 0 unspecified atom stereocenters. The number of halogens is 1. The molecule has 6 heteroatoms. The molecule has 0 spiro atoms. The second-order valence-electron chi connectivity index (χ2n) is 7.65. The Hall–Kier alpha value is -3.67. The average molecular weight is 419 g/mol. The lowest BCUT2D eigenvalue weighted by Crippen LogP contribution is -2.42. The number of carboxylic acids is 1. The molecule has 0 bridgehead atoms. The Morgan fingerprint density at radius 2 is 1.65 bits per heavy atom. The van der Waals surface area contributed by atoms with Gasteiger partial charge in [0.15, 0.2) is 0 Å². The summed E-state index contributed by atoms with van der Waals surface area (Å²) >= 11 is 0. The van der Waals surface area contributed by atoms with E-state index in [1.54, 1.807) is 19.1 Å². The van der Waals surface area contributed by atoms with Crippen molar-refractivity contribution < 1.29 is 23.8 Å². The minimum Gasteiger partial charge on any atom is -0.480 e. The van der Waals surface area contributed by atoms with Crippen LogP contribution in [-0.4, -0.2) is 29.8 Å². The Bertz CT molecular complexity index is 1100. The van der Waals surface area contributed by atoms with Crippen LogP contribution in [0.1, 0.15) is 28.2 Å². The van der Waals surface area contributed by atoms with Crippen LogP contribution in [0.5, 0.6) is 0 Å². The number of nitrogens with one attached hydrogen (secondary N) is 1. The molecule has 1 aliphatic carbocycles. The zero-order chi connectivity index (χ0) is 22.0. The first-order chi connectivity index (χ1) is 14.9. The molecule has 31 heavy (non-hydrogen) atoms. The number of ether oxygens (including phenoxy) is 1. The van der Waals surface area contributed by atoms with Gasteiger partial charge in [0.05, 0.1) is 0 Å². The normalized spacial score (nSPS) is 13.2. The largest absolute Gasteiger partial charge is 0.480 e. The Morgan fingerprint density at radius 1 is 1.03 bits per heavy atom. The lowest BCUT2D eigenvalue weighted by molar-refractivity contribution is -0.139. The summed E-state index contributed by atoms with van der Waals surface area (Å²) in [6.07, 6.45) is -0.863. The number of fused-ring (bicyclic) bond motifs is 3. The predicted molar refractivity (Wildman–Crippen MR) is 114 cm³/mol. The maximum absolute atomic E-state index is 13.8. The first-order valence-electron chi connectivity index (χ1n) is 10.0. The van der Waals surface area contributed by atoms with Gasteiger partial charge >= 0.3 is 12.1 Å². The SMILES string of the molecule is Cc1ccc(C[C@H](NC(=O)OCC2c3ccccc3-c3ccccc32)C(=O)O)cc1F. The number of aliphatic carboxylic acids is 1. The summed E-state index contributed by atoms with van der Waals surface area (Å²) in [5, 5.41) is 11.9. The number of hydrogen-bond acceptors (Lipinski definition) is 3. The van der Waals surface area contributed by atoms with E-state index < -0.39 is 23.9 Å². The van der Waals surface area contributed by atoms with Crippen molar-refractivity contribution >= 4 is 12.1 Å². The molecule has 3 aromatic carbocycles. The molecule has 0 radical (unpaired) electrons. The Morgan fingerprint density at radius 3 is 2.23 bits per heavy atom. The number of alkyl carbamates (subject to hydrolysis) is 1. The molecular formula is C25H22FNO4. The van der Waals surface area contributed by atoms with Crippen LogP contribution >= 0.6 is 0 Å². The van der Waals surface area contributed by atoms with Crippen molar-refractivity contribution in [1.29, 1.82) is 0 Å². The number of carbonyl (C=O) groups excluding carboxylic acids is 1. The molecule has 0 saturated heterocycles. The molecule has 2 N–H and O–H groups in total.